The first kappa shape index (κ1) is 31.9. The molecule has 4 aromatic rings. The van der Waals surface area contributed by atoms with Gasteiger partial charge in [0.05, 0.1) is 31.6 Å². The summed E-state index contributed by atoms with van der Waals surface area (Å²) < 4.78 is 21.5. The molecule has 0 atom stereocenters. The van der Waals surface area contributed by atoms with Crippen LogP contribution in [0, 0.1) is 6.92 Å². The Morgan fingerprint density at radius 2 is 1.87 bits per heavy atom. The van der Waals surface area contributed by atoms with Crippen LogP contribution in [0.5, 0.6) is 5.75 Å². The Kier molecular flexibility index (Phi) is 9.68. The van der Waals surface area contributed by atoms with Gasteiger partial charge in [-0.2, -0.15) is 4.57 Å². The smallest absolute Gasteiger partial charge is 0.375 e. The minimum Gasteiger partial charge on any atom is -0.439 e. The number of oxazole rings is 1. The first-order valence-electron chi connectivity index (χ1n) is 16.3. The van der Waals surface area contributed by atoms with E-state index in [9.17, 15) is 9.90 Å². The lowest BCUT2D eigenvalue weighted by molar-refractivity contribution is -0.669. The molecule has 3 aliphatic rings. The molecule has 0 spiro atoms. The molecule has 1 aromatic heterocycles. The van der Waals surface area contributed by atoms with Crippen molar-refractivity contribution in [2.24, 2.45) is 0 Å². The predicted octanol–water partition coefficient (Wildman–Crippen LogP) is 7.87. The summed E-state index contributed by atoms with van der Waals surface area (Å²) in [6, 6.07) is 22.5. The highest BCUT2D eigenvalue weighted by Gasteiger charge is 2.38. The molecule has 9 heteroatoms. The summed E-state index contributed by atoms with van der Waals surface area (Å²) in [7, 11) is 0. The number of ether oxygens (including phenoxy) is 2. The molecule has 1 aliphatic heterocycles. The lowest BCUT2D eigenvalue weighted by Crippen LogP contribution is -2.36. The topological polar surface area (TPSA) is 76.0 Å². The van der Waals surface area contributed by atoms with E-state index < -0.39 is 0 Å². The van der Waals surface area contributed by atoms with Crippen molar-refractivity contribution >= 4 is 56.3 Å². The van der Waals surface area contributed by atoms with E-state index in [1.807, 2.05) is 65.2 Å². The van der Waals surface area contributed by atoms with Crippen LogP contribution in [0.1, 0.15) is 49.1 Å². The van der Waals surface area contributed by atoms with Crippen LogP contribution >= 0.6 is 27.7 Å². The third-order valence-electron chi connectivity index (χ3n) is 8.81. The number of aryl methyl sites for hydroxylation is 1. The lowest BCUT2D eigenvalue weighted by atomic mass is 9.89. The van der Waals surface area contributed by atoms with Crippen LogP contribution in [-0.4, -0.2) is 42.5 Å². The molecule has 0 unspecified atom stereocenters. The number of hydrogen-bond acceptors (Lipinski definition) is 7. The van der Waals surface area contributed by atoms with Crippen molar-refractivity contribution in [1.82, 2.24) is 0 Å². The van der Waals surface area contributed by atoms with Gasteiger partial charge in [0, 0.05) is 50.0 Å². The van der Waals surface area contributed by atoms with Crippen LogP contribution < -0.4 is 14.2 Å². The number of halogens is 1. The van der Waals surface area contributed by atoms with Crippen molar-refractivity contribution in [3.05, 3.63) is 116 Å². The maximum atomic E-state index is 14.1. The van der Waals surface area contributed by atoms with E-state index >= 15 is 0 Å². The zero-order valence-corrected chi connectivity index (χ0v) is 28.8. The highest BCUT2D eigenvalue weighted by Crippen LogP contribution is 2.47. The Bertz CT molecular complexity index is 1890. The monoisotopic (exact) mass is 713 g/mol. The average Bonchev–Trinajstić information content (AvgIpc) is 3.60. The van der Waals surface area contributed by atoms with Crippen molar-refractivity contribution in [1.29, 1.82) is 0 Å². The Morgan fingerprint density at radius 1 is 1.04 bits per heavy atom. The standard InChI is InChI=1S/C38H38BrN2O5S/c1-25-12-14-32-33(20-25)45-36(41(32)24-26-8-4-2-5-9-26)23-30-37(43)29(38(30)47-28-10-6-3-7-11-28)22-35-40(16-18-44-19-17-42)31-15-13-27(39)21-34(31)46-35/h2,4-5,8-9,12-15,20-23,28,42H,3,6-7,10-11,16-19,24H2,1H3/q+1. The summed E-state index contributed by atoms with van der Waals surface area (Å²) in [5.74, 6) is 1.95. The van der Waals surface area contributed by atoms with Gasteiger partial charge in [0.1, 0.15) is 0 Å². The Balaban J connectivity index is 1.29. The van der Waals surface area contributed by atoms with Crippen LogP contribution in [0.25, 0.3) is 17.2 Å². The van der Waals surface area contributed by atoms with Crippen molar-refractivity contribution < 1.29 is 28.4 Å². The van der Waals surface area contributed by atoms with E-state index in [-0.39, 0.29) is 19.0 Å². The number of ketones is 1. The molecule has 0 saturated heterocycles. The number of allylic oxidation sites excluding steroid dienone is 3. The number of fused-ring (bicyclic) bond motifs is 2. The Hall–Kier alpha value is -3.63. The number of carbonyl (C=O) groups excluding carboxylic acids is 1. The molecule has 0 amide bonds. The Labute approximate surface area is 287 Å². The minimum atomic E-state index is -0.0306. The molecule has 1 saturated carbocycles. The molecule has 1 N–H and O–H groups in total. The number of aliphatic hydroxyl groups is 1. The Morgan fingerprint density at radius 3 is 2.68 bits per heavy atom. The van der Waals surface area contributed by atoms with Crippen LogP contribution in [0.4, 0.5) is 5.69 Å². The summed E-state index contributed by atoms with van der Waals surface area (Å²) >= 11 is 5.38. The maximum absolute atomic E-state index is 14.1. The normalized spacial score (nSPS) is 18.4. The van der Waals surface area contributed by atoms with Crippen LogP contribution in [0.2, 0.25) is 0 Å². The number of benzene rings is 3. The second-order valence-corrected chi connectivity index (χ2v) is 14.4. The SMILES string of the molecule is Cc1ccc2c(c1)oc(/C=C1\C(=O)C(/C=C3\Oc4cc(Br)ccc4N3CCOCCO)=C1SC1CCCCC1)[n+]2Cc1ccccc1. The number of rotatable bonds is 11. The van der Waals surface area contributed by atoms with E-state index in [4.69, 9.17) is 13.9 Å². The fourth-order valence-corrected chi connectivity index (χ4v) is 8.21. The predicted molar refractivity (Wildman–Crippen MR) is 189 cm³/mol. The summed E-state index contributed by atoms with van der Waals surface area (Å²) in [6.07, 6.45) is 9.80. The van der Waals surface area contributed by atoms with Crippen LogP contribution in [0.15, 0.2) is 104 Å². The fourth-order valence-electron chi connectivity index (χ4n) is 6.41. The van der Waals surface area contributed by atoms with Crippen LogP contribution in [-0.2, 0) is 16.1 Å². The van der Waals surface area contributed by atoms with Gasteiger partial charge in [-0.1, -0.05) is 71.6 Å². The molecule has 7 nitrogen and oxygen atoms in total. The van der Waals surface area contributed by atoms with E-state index in [0.717, 1.165) is 55.9 Å². The molecule has 2 aliphatic carbocycles. The molecule has 47 heavy (non-hydrogen) atoms. The van der Waals surface area contributed by atoms with Crippen LogP contribution in [0.3, 0.4) is 0 Å². The molecular weight excluding hydrogens is 676 g/mol. The fraction of sp³-hybridized carbons (Fsp3) is 0.316. The number of aliphatic hydroxyl groups excluding tert-OH is 1. The van der Waals surface area contributed by atoms with Gasteiger partial charge < -0.3 is 23.9 Å². The third-order valence-corrected chi connectivity index (χ3v) is 10.8. The van der Waals surface area contributed by atoms with Gasteiger partial charge in [-0.25, -0.2) is 0 Å². The maximum Gasteiger partial charge on any atom is 0.375 e. The summed E-state index contributed by atoms with van der Waals surface area (Å²) in [5.41, 5.74) is 6.33. The summed E-state index contributed by atoms with van der Waals surface area (Å²) in [6.45, 7) is 3.86. The first-order valence-corrected chi connectivity index (χ1v) is 18.0. The van der Waals surface area contributed by atoms with Gasteiger partial charge >= 0.3 is 5.89 Å². The molecular formula is C38H38BrN2O5S+. The number of nitrogens with zero attached hydrogens (tertiary/aromatic N) is 2. The minimum absolute atomic E-state index is 0.0177. The number of anilines is 1. The highest BCUT2D eigenvalue weighted by atomic mass is 79.9. The van der Waals surface area contributed by atoms with Gasteiger partial charge in [0.15, 0.2) is 18.1 Å². The number of Topliss-reactive ketones (excluding diaryl/α,β-unsaturated/α-hetero) is 1. The van der Waals surface area contributed by atoms with Gasteiger partial charge in [0.2, 0.25) is 11.5 Å². The van der Waals surface area contributed by atoms with E-state index in [0.29, 0.717) is 47.9 Å². The largest absolute Gasteiger partial charge is 0.439 e. The first-order chi connectivity index (χ1) is 23.0. The molecule has 1 fully saturated rings. The average molecular weight is 715 g/mol. The molecule has 0 radical (unpaired) electrons. The molecule has 2 heterocycles. The summed E-state index contributed by atoms with van der Waals surface area (Å²) in [4.78, 5) is 17.1. The summed E-state index contributed by atoms with van der Waals surface area (Å²) in [5, 5.41) is 9.64. The van der Waals surface area contributed by atoms with Crippen molar-refractivity contribution in [3.8, 4) is 5.75 Å². The van der Waals surface area contributed by atoms with E-state index in [1.165, 1.54) is 19.3 Å². The number of thioether (sulfide) groups is 1. The van der Waals surface area contributed by atoms with Gasteiger partial charge in [-0.05, 0) is 49.6 Å². The zero-order valence-electron chi connectivity index (χ0n) is 26.4. The second-order valence-electron chi connectivity index (χ2n) is 12.2. The zero-order chi connectivity index (χ0) is 32.3. The number of hydrogen-bond donors (Lipinski definition) is 1. The number of carbonyl (C=O) groups is 1. The second kappa shape index (κ2) is 14.2. The molecule has 242 valence electrons. The molecule has 0 bridgehead atoms. The molecule has 3 aromatic carbocycles. The van der Waals surface area contributed by atoms with E-state index in [2.05, 4.69) is 57.8 Å². The molecule has 7 rings (SSSR count). The van der Waals surface area contributed by atoms with Gasteiger partial charge in [-0.3, -0.25) is 4.79 Å². The van der Waals surface area contributed by atoms with Gasteiger partial charge in [-0.15, -0.1) is 11.8 Å². The highest BCUT2D eigenvalue weighted by molar-refractivity contribution is 9.10. The number of aromatic nitrogens is 1. The lowest BCUT2D eigenvalue weighted by Gasteiger charge is -2.29. The third kappa shape index (κ3) is 6.85. The van der Waals surface area contributed by atoms with Gasteiger partial charge in [0.25, 0.3) is 5.52 Å². The van der Waals surface area contributed by atoms with E-state index in [1.54, 1.807) is 0 Å². The van der Waals surface area contributed by atoms with Crippen molar-refractivity contribution in [3.63, 3.8) is 0 Å². The van der Waals surface area contributed by atoms with Crippen molar-refractivity contribution in [2.45, 2.75) is 50.8 Å². The van der Waals surface area contributed by atoms with Crippen molar-refractivity contribution in [2.75, 3.05) is 31.3 Å². The quantitative estimate of drug-likeness (QED) is 0.0963.